The molecule has 0 aromatic heterocycles. The minimum absolute atomic E-state index is 0.0176. The summed E-state index contributed by atoms with van der Waals surface area (Å²) in [7, 11) is 2.92. The number of hydrogen-bond acceptors (Lipinski definition) is 9. The second-order valence-corrected chi connectivity index (χ2v) is 9.22. The maximum Gasteiger partial charge on any atom is 0.338 e. The molecule has 41 heavy (non-hydrogen) atoms. The number of nitrogens with zero attached hydrogens (tertiary/aromatic N) is 1. The number of urea groups is 1. The lowest BCUT2D eigenvalue weighted by Crippen LogP contribution is -2.45. The molecule has 1 aliphatic rings. The van der Waals surface area contributed by atoms with Crippen LogP contribution < -0.4 is 35.0 Å². The Kier molecular flexibility index (Phi) is 11.0. The molecule has 0 aliphatic carbocycles. The van der Waals surface area contributed by atoms with Crippen LogP contribution in [0, 0.1) is 12.3 Å². The third kappa shape index (κ3) is 7.92. The zero-order chi connectivity index (χ0) is 29.9. The van der Waals surface area contributed by atoms with Gasteiger partial charge in [0.15, 0.2) is 29.6 Å². The largest absolute Gasteiger partial charge is 0.493 e. The molecule has 216 valence electrons. The van der Waals surface area contributed by atoms with Gasteiger partial charge in [0.2, 0.25) is 0 Å². The minimum Gasteiger partial charge on any atom is -0.493 e. The Hall–Kier alpha value is -4.70. The van der Waals surface area contributed by atoms with Crippen molar-refractivity contribution in [3.8, 4) is 35.3 Å². The normalized spacial score (nSPS) is 14.4. The van der Waals surface area contributed by atoms with Crippen molar-refractivity contribution in [1.29, 1.82) is 0 Å². The number of benzene rings is 2. The van der Waals surface area contributed by atoms with Crippen molar-refractivity contribution in [1.82, 2.24) is 16.1 Å². The van der Waals surface area contributed by atoms with Gasteiger partial charge in [0.05, 0.1) is 38.7 Å². The van der Waals surface area contributed by atoms with Gasteiger partial charge in [-0.05, 0) is 43.7 Å². The highest BCUT2D eigenvalue weighted by molar-refractivity contribution is 9.10. The van der Waals surface area contributed by atoms with Crippen LogP contribution in [0.5, 0.6) is 23.0 Å². The Balaban J connectivity index is 1.71. The second-order valence-electron chi connectivity index (χ2n) is 8.30. The summed E-state index contributed by atoms with van der Waals surface area (Å²) < 4.78 is 27.8. The predicted octanol–water partition coefficient (Wildman–Crippen LogP) is 3.20. The number of terminal acetylenes is 1. The van der Waals surface area contributed by atoms with Crippen LogP contribution in [0.3, 0.4) is 0 Å². The van der Waals surface area contributed by atoms with Crippen LogP contribution in [0.1, 0.15) is 31.0 Å². The number of rotatable bonds is 12. The summed E-state index contributed by atoms with van der Waals surface area (Å²) in [6, 6.07) is 7.01. The monoisotopic (exact) mass is 628 g/mol. The third-order valence-electron chi connectivity index (χ3n) is 5.61. The van der Waals surface area contributed by atoms with E-state index < -0.39 is 23.9 Å². The van der Waals surface area contributed by atoms with Gasteiger partial charge in [-0.1, -0.05) is 27.9 Å². The summed E-state index contributed by atoms with van der Waals surface area (Å²) in [4.78, 5) is 37.1. The molecule has 0 saturated carbocycles. The van der Waals surface area contributed by atoms with E-state index in [1.807, 2.05) is 0 Å². The van der Waals surface area contributed by atoms with Crippen molar-refractivity contribution in [3.63, 3.8) is 0 Å². The SMILES string of the molecule is C#CCOc1c(/C=N/NC(=O)COc2ccc([C@@H]3NC(=O)NC(C)=C3C(=O)OCC)cc2OC)cc(Br)cc1OC. The summed E-state index contributed by atoms with van der Waals surface area (Å²) in [5, 5.41) is 9.28. The van der Waals surface area contributed by atoms with Crippen LogP contribution in [0.4, 0.5) is 4.79 Å². The number of carbonyl (C=O) groups excluding carboxylic acids is 3. The van der Waals surface area contributed by atoms with Gasteiger partial charge in [0, 0.05) is 15.7 Å². The Morgan fingerprint density at radius 2 is 1.90 bits per heavy atom. The molecule has 1 aliphatic heterocycles. The first-order valence-electron chi connectivity index (χ1n) is 12.2. The highest BCUT2D eigenvalue weighted by Gasteiger charge is 2.32. The quantitative estimate of drug-likeness (QED) is 0.141. The van der Waals surface area contributed by atoms with Crippen molar-refractivity contribution in [2.75, 3.05) is 34.0 Å². The van der Waals surface area contributed by atoms with Crippen LogP contribution >= 0.6 is 15.9 Å². The average Bonchev–Trinajstić information content (AvgIpc) is 2.94. The van der Waals surface area contributed by atoms with E-state index in [4.69, 9.17) is 30.1 Å². The number of esters is 1. The predicted molar refractivity (Wildman–Crippen MR) is 153 cm³/mol. The minimum atomic E-state index is -0.783. The summed E-state index contributed by atoms with van der Waals surface area (Å²) in [5.41, 5.74) is 4.09. The first-order chi connectivity index (χ1) is 19.7. The van der Waals surface area contributed by atoms with Crippen LogP contribution in [0.2, 0.25) is 0 Å². The van der Waals surface area contributed by atoms with Gasteiger partial charge in [-0.2, -0.15) is 5.10 Å². The molecule has 1 atom stereocenters. The Bertz CT molecular complexity index is 1420. The molecule has 3 amide bonds. The van der Waals surface area contributed by atoms with Crippen molar-refractivity contribution in [3.05, 3.63) is 57.2 Å². The molecule has 0 bridgehead atoms. The fourth-order valence-corrected chi connectivity index (χ4v) is 4.31. The zero-order valence-electron chi connectivity index (χ0n) is 22.8. The van der Waals surface area contributed by atoms with Gasteiger partial charge in [-0.15, -0.1) is 6.42 Å². The van der Waals surface area contributed by atoms with E-state index >= 15 is 0 Å². The van der Waals surface area contributed by atoms with Crippen molar-refractivity contribution in [2.24, 2.45) is 5.10 Å². The lowest BCUT2D eigenvalue weighted by molar-refractivity contribution is -0.139. The van der Waals surface area contributed by atoms with Crippen LogP contribution in [0.15, 0.2) is 51.2 Å². The molecule has 12 nitrogen and oxygen atoms in total. The number of methoxy groups -OCH3 is 2. The second kappa shape index (κ2) is 14.6. The Morgan fingerprint density at radius 1 is 1.15 bits per heavy atom. The summed E-state index contributed by atoms with van der Waals surface area (Å²) in [6.45, 7) is 3.12. The van der Waals surface area contributed by atoms with E-state index in [0.717, 1.165) is 0 Å². The highest BCUT2D eigenvalue weighted by Crippen LogP contribution is 2.35. The number of hydrogen-bond donors (Lipinski definition) is 3. The van der Waals surface area contributed by atoms with Crippen LogP contribution in [-0.2, 0) is 14.3 Å². The fraction of sp³-hybridized carbons (Fsp3) is 0.286. The van der Waals surface area contributed by atoms with E-state index in [2.05, 4.69) is 43.0 Å². The maximum absolute atomic E-state index is 12.6. The van der Waals surface area contributed by atoms with E-state index in [-0.39, 0.29) is 36.9 Å². The van der Waals surface area contributed by atoms with E-state index in [9.17, 15) is 14.4 Å². The summed E-state index contributed by atoms with van der Waals surface area (Å²) in [6.07, 6.45) is 6.68. The molecular weight excluding hydrogens is 600 g/mol. The standard InChI is InChI=1S/C28H29BrN4O8/c1-6-10-40-26-18(11-19(29)13-22(26)38-5)14-30-33-23(34)15-41-20-9-8-17(12-21(20)37-4)25-24(27(35)39-7-2)16(3)31-28(36)32-25/h1,8-9,11-14,25H,7,10,15H2,2-5H3,(H,33,34)(H2,31,32,36)/b30-14+/t25-/m0/s1. The van der Waals surface area contributed by atoms with E-state index in [1.54, 1.807) is 44.2 Å². The number of nitrogens with one attached hydrogen (secondary N) is 3. The molecule has 0 fully saturated rings. The molecule has 0 saturated heterocycles. The number of hydrazone groups is 1. The van der Waals surface area contributed by atoms with Crippen LogP contribution in [-0.4, -0.2) is 58.2 Å². The molecule has 13 heteroatoms. The third-order valence-corrected chi connectivity index (χ3v) is 6.06. The van der Waals surface area contributed by atoms with Gasteiger partial charge >= 0.3 is 12.0 Å². The Labute approximate surface area is 245 Å². The molecule has 2 aromatic rings. The van der Waals surface area contributed by atoms with Gasteiger partial charge in [0.1, 0.15) is 6.61 Å². The molecule has 1 heterocycles. The number of amides is 3. The van der Waals surface area contributed by atoms with Gasteiger partial charge < -0.3 is 34.3 Å². The summed E-state index contributed by atoms with van der Waals surface area (Å²) in [5.74, 6) is 2.63. The molecule has 3 rings (SSSR count). The molecule has 3 N–H and O–H groups in total. The lowest BCUT2D eigenvalue weighted by Gasteiger charge is -2.28. The van der Waals surface area contributed by atoms with Crippen molar-refractivity contribution in [2.45, 2.75) is 19.9 Å². The Morgan fingerprint density at radius 3 is 2.59 bits per heavy atom. The van der Waals surface area contributed by atoms with Gasteiger partial charge in [-0.25, -0.2) is 15.0 Å². The molecule has 0 unspecified atom stereocenters. The molecule has 0 radical (unpaired) electrons. The number of allylic oxidation sites excluding steroid dienone is 1. The number of halogens is 1. The number of ether oxygens (including phenoxy) is 5. The zero-order valence-corrected chi connectivity index (χ0v) is 24.4. The van der Waals surface area contributed by atoms with Gasteiger partial charge in [0.25, 0.3) is 5.91 Å². The van der Waals surface area contributed by atoms with E-state index in [1.165, 1.54) is 20.4 Å². The molecule has 0 spiro atoms. The van der Waals surface area contributed by atoms with Crippen LogP contribution in [0.25, 0.3) is 0 Å². The highest BCUT2D eigenvalue weighted by atomic mass is 79.9. The van der Waals surface area contributed by atoms with E-state index in [0.29, 0.717) is 32.8 Å². The van der Waals surface area contributed by atoms with Crippen molar-refractivity contribution >= 4 is 40.1 Å². The topological polar surface area (TPSA) is 146 Å². The molecule has 2 aromatic carbocycles. The maximum atomic E-state index is 12.6. The average molecular weight is 629 g/mol. The van der Waals surface area contributed by atoms with Gasteiger partial charge in [-0.3, -0.25) is 4.79 Å². The molecular formula is C28H29BrN4O8. The van der Waals surface area contributed by atoms with Crippen molar-refractivity contribution < 1.29 is 38.1 Å². The first-order valence-corrected chi connectivity index (χ1v) is 13.0. The summed E-state index contributed by atoms with van der Waals surface area (Å²) >= 11 is 3.39. The number of carbonyl (C=O) groups is 3. The lowest BCUT2D eigenvalue weighted by atomic mass is 9.95. The fourth-order valence-electron chi connectivity index (χ4n) is 3.86. The first kappa shape index (κ1) is 30.8. The smallest absolute Gasteiger partial charge is 0.338 e.